The normalized spacial score (nSPS) is 11.5. The van der Waals surface area contributed by atoms with E-state index in [9.17, 15) is 14.9 Å². The Morgan fingerprint density at radius 3 is 2.00 bits per heavy atom. The zero-order valence-electron chi connectivity index (χ0n) is 20.7. The molecule has 1 amide bonds. The first-order valence-electron chi connectivity index (χ1n) is 12.4. The summed E-state index contributed by atoms with van der Waals surface area (Å²) in [7, 11) is 0. The summed E-state index contributed by atoms with van der Waals surface area (Å²) in [6.07, 6.45) is 0. The summed E-state index contributed by atoms with van der Waals surface area (Å²) in [6, 6.07) is 31.7. The van der Waals surface area contributed by atoms with Crippen LogP contribution >= 0.6 is 0 Å². The van der Waals surface area contributed by atoms with Gasteiger partial charge in [0.2, 0.25) is 0 Å². The molecule has 6 aromatic carbocycles. The van der Waals surface area contributed by atoms with Gasteiger partial charge in [-0.05, 0) is 74.3 Å². The summed E-state index contributed by atoms with van der Waals surface area (Å²) < 4.78 is 5.64. The Hall–Kier alpha value is -5.37. The van der Waals surface area contributed by atoms with Crippen LogP contribution in [0.5, 0.6) is 5.75 Å². The standard InChI is InChI=1S/C31H22N4O4/c36-29(19-39-27-15-11-25(12-16-27)34-33-24-9-13-26(14-10-24)35(37)38)32-18-23-7-6-22-5-4-20-2-1-3-21-8-17-28(23)31(22)30(20)21/h1-17H,18-19H2,(H,32,36). The van der Waals surface area contributed by atoms with Gasteiger partial charge in [0.05, 0.1) is 16.3 Å². The highest BCUT2D eigenvalue weighted by atomic mass is 16.6. The summed E-state index contributed by atoms with van der Waals surface area (Å²) in [5.41, 5.74) is 2.13. The number of carbonyl (C=O) groups excluding carboxylic acids is 1. The van der Waals surface area contributed by atoms with Gasteiger partial charge in [-0.2, -0.15) is 10.2 Å². The average Bonchev–Trinajstić information content (AvgIpc) is 2.97. The summed E-state index contributed by atoms with van der Waals surface area (Å²) in [6.45, 7) is 0.286. The second-order valence-corrected chi connectivity index (χ2v) is 9.11. The Kier molecular flexibility index (Phi) is 6.26. The van der Waals surface area contributed by atoms with E-state index in [-0.39, 0.29) is 18.2 Å². The summed E-state index contributed by atoms with van der Waals surface area (Å²) in [5, 5.41) is 29.1. The number of rotatable bonds is 8. The molecule has 6 rings (SSSR count). The number of nitro groups is 1. The molecule has 0 saturated carbocycles. The van der Waals surface area contributed by atoms with E-state index >= 15 is 0 Å². The first-order chi connectivity index (χ1) is 19.0. The Bertz CT molecular complexity index is 1830. The SMILES string of the molecule is O=C(COc1ccc(N=Nc2ccc([N+](=O)[O-])cc2)cc1)NCc1ccc2ccc3cccc4ccc1c2c34. The predicted molar refractivity (Wildman–Crippen MR) is 151 cm³/mol. The zero-order chi connectivity index (χ0) is 26.8. The van der Waals surface area contributed by atoms with Crippen molar-refractivity contribution in [2.45, 2.75) is 6.54 Å². The Labute approximate surface area is 223 Å². The van der Waals surface area contributed by atoms with Gasteiger partial charge in [-0.25, -0.2) is 0 Å². The van der Waals surface area contributed by atoms with Crippen molar-refractivity contribution in [2.75, 3.05) is 6.61 Å². The molecule has 0 fully saturated rings. The number of non-ortho nitro benzene ring substituents is 1. The molecule has 0 atom stereocenters. The second-order valence-electron chi connectivity index (χ2n) is 9.11. The molecule has 0 spiro atoms. The fourth-order valence-electron chi connectivity index (χ4n) is 4.71. The molecule has 39 heavy (non-hydrogen) atoms. The number of amides is 1. The lowest BCUT2D eigenvalue weighted by Gasteiger charge is -2.14. The molecule has 8 heteroatoms. The van der Waals surface area contributed by atoms with Crippen molar-refractivity contribution in [3.05, 3.63) is 119 Å². The number of nitrogens with one attached hydrogen (secondary N) is 1. The van der Waals surface area contributed by atoms with Crippen LogP contribution in [0.4, 0.5) is 17.1 Å². The van der Waals surface area contributed by atoms with Gasteiger partial charge in [0, 0.05) is 18.7 Å². The van der Waals surface area contributed by atoms with Gasteiger partial charge in [0.15, 0.2) is 6.61 Å². The Balaban J connectivity index is 1.07. The number of nitro benzene ring substituents is 1. The summed E-state index contributed by atoms with van der Waals surface area (Å²) in [5.74, 6) is 0.310. The topological polar surface area (TPSA) is 106 Å². The highest BCUT2D eigenvalue weighted by Crippen LogP contribution is 2.35. The van der Waals surface area contributed by atoms with Gasteiger partial charge in [-0.1, -0.05) is 54.6 Å². The van der Waals surface area contributed by atoms with Crippen molar-refractivity contribution in [1.29, 1.82) is 0 Å². The van der Waals surface area contributed by atoms with Crippen molar-refractivity contribution in [3.63, 3.8) is 0 Å². The predicted octanol–water partition coefficient (Wildman–Crippen LogP) is 7.60. The number of carbonyl (C=O) groups is 1. The lowest BCUT2D eigenvalue weighted by molar-refractivity contribution is -0.384. The molecule has 0 radical (unpaired) electrons. The molecule has 6 aromatic rings. The molecule has 0 bridgehead atoms. The van der Waals surface area contributed by atoms with Crippen molar-refractivity contribution in [3.8, 4) is 5.75 Å². The van der Waals surface area contributed by atoms with Crippen molar-refractivity contribution < 1.29 is 14.5 Å². The number of nitrogens with zero attached hydrogens (tertiary/aromatic N) is 3. The quantitative estimate of drug-likeness (QED) is 0.0976. The van der Waals surface area contributed by atoms with Crippen LogP contribution in [0.2, 0.25) is 0 Å². The third kappa shape index (κ3) is 4.95. The molecular formula is C31H22N4O4. The fraction of sp³-hybridized carbons (Fsp3) is 0.0645. The maximum atomic E-state index is 12.5. The molecule has 0 aliphatic rings. The van der Waals surface area contributed by atoms with Gasteiger partial charge in [0.25, 0.3) is 11.6 Å². The number of ether oxygens (including phenoxy) is 1. The van der Waals surface area contributed by atoms with Crippen LogP contribution in [0, 0.1) is 10.1 Å². The molecular weight excluding hydrogens is 492 g/mol. The highest BCUT2D eigenvalue weighted by Gasteiger charge is 2.12. The Morgan fingerprint density at radius 1 is 0.744 bits per heavy atom. The minimum Gasteiger partial charge on any atom is -0.484 e. The monoisotopic (exact) mass is 514 g/mol. The minimum absolute atomic E-state index is 0.00425. The number of benzene rings is 6. The second kappa shape index (κ2) is 10.2. The average molecular weight is 515 g/mol. The molecule has 0 heterocycles. The van der Waals surface area contributed by atoms with Gasteiger partial charge >= 0.3 is 0 Å². The van der Waals surface area contributed by atoms with Crippen molar-refractivity contribution in [1.82, 2.24) is 5.32 Å². The zero-order valence-corrected chi connectivity index (χ0v) is 20.7. The number of hydrogen-bond donors (Lipinski definition) is 1. The van der Waals surface area contributed by atoms with E-state index in [0.29, 0.717) is 23.7 Å². The van der Waals surface area contributed by atoms with Crippen molar-refractivity contribution >= 4 is 55.3 Å². The summed E-state index contributed by atoms with van der Waals surface area (Å²) in [4.78, 5) is 22.8. The van der Waals surface area contributed by atoms with Crippen LogP contribution in [0.1, 0.15) is 5.56 Å². The van der Waals surface area contributed by atoms with Gasteiger partial charge < -0.3 is 10.1 Å². The minimum atomic E-state index is -0.466. The van der Waals surface area contributed by atoms with Crippen molar-refractivity contribution in [2.24, 2.45) is 10.2 Å². The van der Waals surface area contributed by atoms with E-state index in [2.05, 4.69) is 70.1 Å². The van der Waals surface area contributed by atoms with E-state index in [1.165, 1.54) is 51.2 Å². The van der Waals surface area contributed by atoms with Crippen LogP contribution in [0.15, 0.2) is 113 Å². The van der Waals surface area contributed by atoms with E-state index in [4.69, 9.17) is 4.74 Å². The van der Waals surface area contributed by atoms with Gasteiger partial charge in [0.1, 0.15) is 5.75 Å². The first kappa shape index (κ1) is 24.0. The number of azo groups is 1. The highest BCUT2D eigenvalue weighted by molar-refractivity contribution is 6.23. The number of hydrogen-bond acceptors (Lipinski definition) is 6. The molecule has 1 N–H and O–H groups in total. The smallest absolute Gasteiger partial charge is 0.269 e. The maximum Gasteiger partial charge on any atom is 0.269 e. The van der Waals surface area contributed by atoms with E-state index in [1.54, 1.807) is 24.3 Å². The largest absolute Gasteiger partial charge is 0.484 e. The molecule has 0 unspecified atom stereocenters. The fourth-order valence-corrected chi connectivity index (χ4v) is 4.71. The molecule has 0 saturated heterocycles. The van der Waals surface area contributed by atoms with E-state index < -0.39 is 4.92 Å². The van der Waals surface area contributed by atoms with Crippen LogP contribution < -0.4 is 10.1 Å². The third-order valence-corrected chi connectivity index (χ3v) is 6.64. The third-order valence-electron chi connectivity index (χ3n) is 6.64. The van der Waals surface area contributed by atoms with E-state index in [0.717, 1.165) is 10.9 Å². The molecule has 0 aliphatic heterocycles. The molecule has 0 aromatic heterocycles. The van der Waals surface area contributed by atoms with Crippen LogP contribution in [0.3, 0.4) is 0 Å². The first-order valence-corrected chi connectivity index (χ1v) is 12.4. The molecule has 8 nitrogen and oxygen atoms in total. The lowest BCUT2D eigenvalue weighted by Crippen LogP contribution is -2.28. The van der Waals surface area contributed by atoms with Crippen LogP contribution in [-0.2, 0) is 11.3 Å². The van der Waals surface area contributed by atoms with E-state index in [1.807, 2.05) is 0 Å². The molecule has 190 valence electrons. The lowest BCUT2D eigenvalue weighted by atomic mass is 9.92. The van der Waals surface area contributed by atoms with Gasteiger partial charge in [-0.15, -0.1) is 0 Å². The van der Waals surface area contributed by atoms with Gasteiger partial charge in [-0.3, -0.25) is 14.9 Å². The molecule has 0 aliphatic carbocycles. The van der Waals surface area contributed by atoms with Crippen LogP contribution in [-0.4, -0.2) is 17.4 Å². The maximum absolute atomic E-state index is 12.5. The van der Waals surface area contributed by atoms with Crippen LogP contribution in [0.25, 0.3) is 32.3 Å². The Morgan fingerprint density at radius 2 is 1.33 bits per heavy atom. The summed E-state index contributed by atoms with van der Waals surface area (Å²) >= 11 is 0.